The molecule has 6 nitrogen and oxygen atoms in total. The fourth-order valence-electron chi connectivity index (χ4n) is 3.94. The summed E-state index contributed by atoms with van der Waals surface area (Å²) in [5.74, 6) is 0.972. The molecule has 2 aliphatic heterocycles. The third-order valence-electron chi connectivity index (χ3n) is 5.17. The summed E-state index contributed by atoms with van der Waals surface area (Å²) < 4.78 is 8.05. The maximum absolute atomic E-state index is 9.57. The molecular formula is C18H22ClN3O3. The van der Waals surface area contributed by atoms with Gasteiger partial charge in [0.05, 0.1) is 17.7 Å². The molecule has 2 saturated heterocycles. The van der Waals surface area contributed by atoms with E-state index in [4.69, 9.17) is 21.4 Å². The van der Waals surface area contributed by atoms with Crippen molar-refractivity contribution in [1.82, 2.24) is 14.5 Å². The van der Waals surface area contributed by atoms with Crippen molar-refractivity contribution in [3.05, 3.63) is 35.6 Å². The van der Waals surface area contributed by atoms with Gasteiger partial charge in [0.15, 0.2) is 0 Å². The second kappa shape index (κ2) is 6.96. The number of phenols is 1. The predicted octanol–water partition coefficient (Wildman–Crippen LogP) is 2.31. The largest absolute Gasteiger partial charge is 0.508 e. The van der Waals surface area contributed by atoms with Crippen molar-refractivity contribution in [2.75, 3.05) is 26.3 Å². The van der Waals surface area contributed by atoms with Gasteiger partial charge < -0.3 is 19.5 Å². The number of ether oxygens (including phenoxy) is 1. The average Bonchev–Trinajstić information content (AvgIpc) is 3.21. The molecule has 3 atom stereocenters. The van der Waals surface area contributed by atoms with Crippen molar-refractivity contribution in [3.8, 4) is 17.1 Å². The highest BCUT2D eigenvalue weighted by Gasteiger charge is 2.38. The van der Waals surface area contributed by atoms with E-state index in [0.717, 1.165) is 30.9 Å². The lowest BCUT2D eigenvalue weighted by Gasteiger charge is -2.34. The Bertz CT molecular complexity index is 751. The Labute approximate surface area is 151 Å². The number of aliphatic hydroxyl groups is 1. The van der Waals surface area contributed by atoms with E-state index in [1.54, 1.807) is 24.4 Å². The molecule has 0 aliphatic carbocycles. The second-order valence-electron chi connectivity index (χ2n) is 6.79. The zero-order valence-corrected chi connectivity index (χ0v) is 14.6. The van der Waals surface area contributed by atoms with Crippen molar-refractivity contribution in [1.29, 1.82) is 0 Å². The lowest BCUT2D eigenvalue weighted by molar-refractivity contribution is -0.0567. The molecular weight excluding hydrogens is 342 g/mol. The van der Waals surface area contributed by atoms with Crippen LogP contribution < -0.4 is 0 Å². The number of halogens is 1. The number of hydrogen-bond donors (Lipinski definition) is 2. The zero-order valence-electron chi connectivity index (χ0n) is 13.9. The van der Waals surface area contributed by atoms with Crippen LogP contribution in [-0.2, 0) is 4.74 Å². The van der Waals surface area contributed by atoms with Crippen molar-refractivity contribution in [2.24, 2.45) is 0 Å². The fourth-order valence-corrected chi connectivity index (χ4v) is 4.20. The number of phenolic OH excluding ortho intramolecular Hbond substituents is 1. The number of aromatic hydroxyl groups is 1. The summed E-state index contributed by atoms with van der Waals surface area (Å²) in [6.45, 7) is 2.68. The first-order valence-electron chi connectivity index (χ1n) is 8.64. The van der Waals surface area contributed by atoms with Crippen molar-refractivity contribution >= 4 is 11.6 Å². The molecule has 0 radical (unpaired) electrons. The van der Waals surface area contributed by atoms with Crippen LogP contribution in [-0.4, -0.2) is 63.1 Å². The summed E-state index contributed by atoms with van der Waals surface area (Å²) in [6.07, 6.45) is 5.60. The summed E-state index contributed by atoms with van der Waals surface area (Å²) in [4.78, 5) is 6.95. The van der Waals surface area contributed by atoms with E-state index in [9.17, 15) is 5.11 Å². The summed E-state index contributed by atoms with van der Waals surface area (Å²) in [5.41, 5.74) is 0.823. The molecule has 2 aromatic rings. The number of imidazole rings is 1. The predicted molar refractivity (Wildman–Crippen MR) is 94.8 cm³/mol. The quantitative estimate of drug-likeness (QED) is 0.872. The minimum absolute atomic E-state index is 0.119. The number of morpholine rings is 1. The van der Waals surface area contributed by atoms with Crippen LogP contribution in [0.25, 0.3) is 11.4 Å². The molecule has 1 aromatic heterocycles. The lowest BCUT2D eigenvalue weighted by atomic mass is 10.1. The van der Waals surface area contributed by atoms with Gasteiger partial charge in [-0.1, -0.05) is 11.6 Å². The van der Waals surface area contributed by atoms with Crippen molar-refractivity contribution < 1.29 is 14.9 Å². The van der Waals surface area contributed by atoms with Crippen LogP contribution in [0.15, 0.2) is 30.6 Å². The molecule has 3 heterocycles. The van der Waals surface area contributed by atoms with Gasteiger partial charge in [0.2, 0.25) is 0 Å². The number of fused-ring (bicyclic) bond motifs is 1. The van der Waals surface area contributed by atoms with E-state index in [-0.39, 0.29) is 18.5 Å². The monoisotopic (exact) mass is 363 g/mol. The van der Waals surface area contributed by atoms with Crippen LogP contribution in [0, 0.1) is 0 Å². The smallest absolute Gasteiger partial charge is 0.141 e. The van der Waals surface area contributed by atoms with Crippen LogP contribution >= 0.6 is 11.6 Å². The van der Waals surface area contributed by atoms with Crippen molar-refractivity contribution in [3.63, 3.8) is 0 Å². The Morgan fingerprint density at radius 1 is 1.28 bits per heavy atom. The number of rotatable bonds is 4. The molecule has 0 saturated carbocycles. The number of aliphatic hydroxyl groups excluding tert-OH is 1. The number of hydrogen-bond acceptors (Lipinski definition) is 5. The molecule has 4 rings (SSSR count). The maximum Gasteiger partial charge on any atom is 0.141 e. The first-order chi connectivity index (χ1) is 12.2. The lowest BCUT2D eigenvalue weighted by Crippen LogP contribution is -2.46. The van der Waals surface area contributed by atoms with E-state index in [0.29, 0.717) is 30.1 Å². The van der Waals surface area contributed by atoms with Crippen LogP contribution in [0.4, 0.5) is 0 Å². The molecule has 2 fully saturated rings. The van der Waals surface area contributed by atoms with Gasteiger partial charge in [-0.05, 0) is 31.0 Å². The van der Waals surface area contributed by atoms with Crippen LogP contribution in [0.2, 0.25) is 5.02 Å². The summed E-state index contributed by atoms with van der Waals surface area (Å²) in [7, 11) is 0. The average molecular weight is 364 g/mol. The Morgan fingerprint density at radius 3 is 2.96 bits per heavy atom. The molecule has 7 heteroatoms. The standard InChI is InChI=1S/C18H22ClN3O3/c19-17-8-14(24)1-2-16(17)18-20-4-5-22(18)12-7-13-11-25-15(3-6-23)10-21(13)9-12/h1-2,4-5,8,12-13,15,23-24H,3,6-7,9-11H2/t12-,13-,15-/m0/s1. The first-order valence-corrected chi connectivity index (χ1v) is 9.01. The van der Waals surface area contributed by atoms with Crippen molar-refractivity contribution in [2.45, 2.75) is 31.0 Å². The number of benzene rings is 1. The molecule has 0 bridgehead atoms. The van der Waals surface area contributed by atoms with E-state index < -0.39 is 0 Å². The van der Waals surface area contributed by atoms with Gasteiger partial charge in [-0.2, -0.15) is 0 Å². The Balaban J connectivity index is 1.55. The minimum Gasteiger partial charge on any atom is -0.508 e. The van der Waals surface area contributed by atoms with Crippen LogP contribution in [0.3, 0.4) is 0 Å². The summed E-state index contributed by atoms with van der Waals surface area (Å²) in [6, 6.07) is 5.69. The van der Waals surface area contributed by atoms with Gasteiger partial charge in [-0.25, -0.2) is 4.98 Å². The Morgan fingerprint density at radius 2 is 2.16 bits per heavy atom. The van der Waals surface area contributed by atoms with E-state index in [2.05, 4.69) is 14.5 Å². The highest BCUT2D eigenvalue weighted by molar-refractivity contribution is 6.33. The molecule has 0 spiro atoms. The van der Waals surface area contributed by atoms with Gasteiger partial charge in [0.25, 0.3) is 0 Å². The second-order valence-corrected chi connectivity index (χ2v) is 7.19. The van der Waals surface area contributed by atoms with Crippen LogP contribution in [0.1, 0.15) is 18.9 Å². The minimum atomic E-state index is 0.119. The van der Waals surface area contributed by atoms with Gasteiger partial charge in [-0.3, -0.25) is 4.90 Å². The van der Waals surface area contributed by atoms with E-state index >= 15 is 0 Å². The SMILES string of the molecule is OCC[C@H]1CN2C[C@@H](n3ccnc3-c3ccc(O)cc3Cl)C[C@H]2CO1. The highest BCUT2D eigenvalue weighted by atomic mass is 35.5. The molecule has 0 unspecified atom stereocenters. The van der Waals surface area contributed by atoms with E-state index in [1.807, 2.05) is 6.20 Å². The highest BCUT2D eigenvalue weighted by Crippen LogP contribution is 2.36. The molecule has 1 aromatic carbocycles. The fraction of sp³-hybridized carbons (Fsp3) is 0.500. The maximum atomic E-state index is 9.57. The molecule has 134 valence electrons. The van der Waals surface area contributed by atoms with E-state index in [1.165, 1.54) is 0 Å². The van der Waals surface area contributed by atoms with Gasteiger partial charge in [0, 0.05) is 49.7 Å². The third-order valence-corrected chi connectivity index (χ3v) is 5.49. The molecule has 2 N–H and O–H groups in total. The van der Waals surface area contributed by atoms with Gasteiger partial charge in [0.1, 0.15) is 11.6 Å². The summed E-state index contributed by atoms with van der Waals surface area (Å²) in [5, 5.41) is 19.2. The van der Waals surface area contributed by atoms with Gasteiger partial charge in [-0.15, -0.1) is 0 Å². The Kier molecular flexibility index (Phi) is 4.69. The Hall–Kier alpha value is -1.60. The topological polar surface area (TPSA) is 70.8 Å². The first kappa shape index (κ1) is 16.8. The number of nitrogens with zero attached hydrogens (tertiary/aromatic N) is 3. The normalized spacial score (nSPS) is 26.7. The molecule has 25 heavy (non-hydrogen) atoms. The summed E-state index contributed by atoms with van der Waals surface area (Å²) >= 11 is 6.31. The van der Waals surface area contributed by atoms with Gasteiger partial charge >= 0.3 is 0 Å². The number of aromatic nitrogens is 2. The zero-order chi connectivity index (χ0) is 17.4. The molecule has 0 amide bonds. The van der Waals surface area contributed by atoms with Crippen LogP contribution in [0.5, 0.6) is 5.75 Å². The third kappa shape index (κ3) is 3.27. The molecule has 2 aliphatic rings.